The normalized spacial score (nSPS) is 23.7. The zero-order chi connectivity index (χ0) is 18.8. The lowest BCUT2D eigenvalue weighted by molar-refractivity contribution is -0.131. The minimum absolute atomic E-state index is 0.217. The summed E-state index contributed by atoms with van der Waals surface area (Å²) in [6.45, 7) is 13.1. The summed E-state index contributed by atoms with van der Waals surface area (Å²) in [6.07, 6.45) is 7.70. The highest BCUT2D eigenvalue weighted by molar-refractivity contribution is 5.81. The molecule has 1 fully saturated rings. The Labute approximate surface area is 152 Å². The molecule has 0 amide bonds. The van der Waals surface area contributed by atoms with Gasteiger partial charge in [-0.25, -0.2) is 4.79 Å². The van der Waals surface area contributed by atoms with Crippen molar-refractivity contribution in [3.8, 4) is 0 Å². The molecule has 1 aromatic rings. The molecule has 1 aliphatic carbocycles. The number of hydrogen-bond acceptors (Lipinski definition) is 1. The van der Waals surface area contributed by atoms with Gasteiger partial charge < -0.3 is 5.11 Å². The topological polar surface area (TPSA) is 37.3 Å². The fourth-order valence-corrected chi connectivity index (χ4v) is 3.67. The average Bonchev–Trinajstić information content (AvgIpc) is 3.26. The number of carboxylic acid groups (broad SMARTS) is 1. The fourth-order valence-electron chi connectivity index (χ4n) is 3.67. The summed E-state index contributed by atoms with van der Waals surface area (Å²) in [5.74, 6) is 0.669. The SMILES string of the molecule is CCC1(c2cc(C(C)C)cc(C(C)C)c2)CC1/C=C/C(C)=C/C(=O)O. The summed E-state index contributed by atoms with van der Waals surface area (Å²) in [5, 5.41) is 8.85. The maximum absolute atomic E-state index is 10.8. The van der Waals surface area contributed by atoms with Crippen LogP contribution >= 0.6 is 0 Å². The van der Waals surface area contributed by atoms with Gasteiger partial charge in [0.05, 0.1) is 0 Å². The predicted octanol–water partition coefficient (Wildman–Crippen LogP) is 6.19. The van der Waals surface area contributed by atoms with Crippen LogP contribution < -0.4 is 0 Å². The van der Waals surface area contributed by atoms with Gasteiger partial charge in [0.15, 0.2) is 0 Å². The molecule has 1 aliphatic rings. The van der Waals surface area contributed by atoms with Gasteiger partial charge in [-0.2, -0.15) is 0 Å². The third-order valence-electron chi connectivity index (χ3n) is 5.59. The Morgan fingerprint density at radius 1 is 1.20 bits per heavy atom. The van der Waals surface area contributed by atoms with E-state index in [4.69, 9.17) is 5.11 Å². The van der Waals surface area contributed by atoms with Gasteiger partial charge >= 0.3 is 5.97 Å². The zero-order valence-electron chi connectivity index (χ0n) is 16.5. The molecule has 0 saturated heterocycles. The monoisotopic (exact) mass is 340 g/mol. The third kappa shape index (κ3) is 4.42. The van der Waals surface area contributed by atoms with Crippen molar-refractivity contribution in [2.45, 2.75) is 71.6 Å². The van der Waals surface area contributed by atoms with Gasteiger partial charge in [-0.3, -0.25) is 0 Å². The number of rotatable bonds is 7. The minimum Gasteiger partial charge on any atom is -0.478 e. The van der Waals surface area contributed by atoms with E-state index in [0.29, 0.717) is 17.8 Å². The second-order valence-corrected chi connectivity index (χ2v) is 8.10. The molecule has 1 N–H and O–H groups in total. The lowest BCUT2D eigenvalue weighted by atomic mass is 9.84. The summed E-state index contributed by atoms with van der Waals surface area (Å²) < 4.78 is 0. The molecule has 0 spiro atoms. The highest BCUT2D eigenvalue weighted by atomic mass is 16.4. The first-order valence-corrected chi connectivity index (χ1v) is 9.44. The average molecular weight is 341 g/mol. The third-order valence-corrected chi connectivity index (χ3v) is 5.59. The second-order valence-electron chi connectivity index (χ2n) is 8.10. The van der Waals surface area contributed by atoms with E-state index in [1.165, 1.54) is 22.8 Å². The standard InChI is InChI=1S/C23H32O2/c1-7-23(14-20(23)9-8-17(6)10-22(24)25)21-12-18(15(2)3)11-19(13-21)16(4)5/h8-13,15-16,20H,7,14H2,1-6H3,(H,24,25)/b9-8+,17-10+. The van der Waals surface area contributed by atoms with Crippen molar-refractivity contribution < 1.29 is 9.90 Å². The molecule has 2 atom stereocenters. The maximum Gasteiger partial charge on any atom is 0.328 e. The van der Waals surface area contributed by atoms with Crippen LogP contribution in [0.15, 0.2) is 42.0 Å². The molecule has 2 unspecified atom stereocenters. The van der Waals surface area contributed by atoms with Crippen molar-refractivity contribution in [1.29, 1.82) is 0 Å². The van der Waals surface area contributed by atoms with Crippen LogP contribution in [0.5, 0.6) is 0 Å². The fraction of sp³-hybridized carbons (Fsp3) is 0.522. The molecule has 0 radical (unpaired) electrons. The quantitative estimate of drug-likeness (QED) is 0.475. The molecule has 2 rings (SSSR count). The Balaban J connectivity index is 2.33. The zero-order valence-corrected chi connectivity index (χ0v) is 16.5. The van der Waals surface area contributed by atoms with Crippen molar-refractivity contribution in [2.24, 2.45) is 5.92 Å². The molecule has 0 heterocycles. The van der Waals surface area contributed by atoms with Crippen LogP contribution in [0.3, 0.4) is 0 Å². The Kier molecular flexibility index (Phi) is 5.92. The van der Waals surface area contributed by atoms with Crippen molar-refractivity contribution >= 4 is 5.97 Å². The van der Waals surface area contributed by atoms with Crippen LogP contribution in [-0.4, -0.2) is 11.1 Å². The van der Waals surface area contributed by atoms with E-state index in [1.807, 2.05) is 13.0 Å². The first-order valence-electron chi connectivity index (χ1n) is 9.44. The van der Waals surface area contributed by atoms with Crippen LogP contribution in [0.25, 0.3) is 0 Å². The van der Waals surface area contributed by atoms with Gasteiger partial charge in [0.1, 0.15) is 0 Å². The highest BCUT2D eigenvalue weighted by Crippen LogP contribution is 2.58. The number of hydrogen-bond donors (Lipinski definition) is 1. The number of benzene rings is 1. The smallest absolute Gasteiger partial charge is 0.328 e. The first kappa shape index (κ1) is 19.5. The Bertz CT molecular complexity index is 668. The van der Waals surface area contributed by atoms with E-state index < -0.39 is 5.97 Å². The summed E-state index contributed by atoms with van der Waals surface area (Å²) in [6, 6.07) is 7.15. The predicted molar refractivity (Wildman–Crippen MR) is 105 cm³/mol. The Hall–Kier alpha value is -1.83. The van der Waals surface area contributed by atoms with E-state index in [-0.39, 0.29) is 5.41 Å². The number of aliphatic carboxylic acids is 1. The summed E-state index contributed by atoms with van der Waals surface area (Å²) in [4.78, 5) is 10.8. The van der Waals surface area contributed by atoms with Gasteiger partial charge in [0.2, 0.25) is 0 Å². The molecule has 1 saturated carbocycles. The molecule has 136 valence electrons. The summed E-state index contributed by atoms with van der Waals surface area (Å²) >= 11 is 0. The molecule has 2 nitrogen and oxygen atoms in total. The van der Waals surface area contributed by atoms with E-state index >= 15 is 0 Å². The minimum atomic E-state index is -0.883. The summed E-state index contributed by atoms with van der Waals surface area (Å²) in [7, 11) is 0. The highest BCUT2D eigenvalue weighted by Gasteiger charge is 2.52. The van der Waals surface area contributed by atoms with Crippen LogP contribution in [0.2, 0.25) is 0 Å². The molecule has 1 aromatic carbocycles. The molecular weight excluding hydrogens is 308 g/mol. The number of carbonyl (C=O) groups is 1. The molecule has 25 heavy (non-hydrogen) atoms. The Morgan fingerprint density at radius 2 is 1.76 bits per heavy atom. The Morgan fingerprint density at radius 3 is 2.20 bits per heavy atom. The van der Waals surface area contributed by atoms with Crippen molar-refractivity contribution in [3.05, 3.63) is 58.7 Å². The van der Waals surface area contributed by atoms with E-state index in [1.54, 1.807) is 0 Å². The van der Waals surface area contributed by atoms with Gasteiger partial charge in [-0.15, -0.1) is 0 Å². The van der Waals surface area contributed by atoms with Crippen molar-refractivity contribution in [3.63, 3.8) is 0 Å². The molecule has 0 aromatic heterocycles. The van der Waals surface area contributed by atoms with E-state index in [9.17, 15) is 4.79 Å². The lowest BCUT2D eigenvalue weighted by Crippen LogP contribution is -2.10. The van der Waals surface area contributed by atoms with E-state index in [0.717, 1.165) is 18.4 Å². The van der Waals surface area contributed by atoms with Crippen LogP contribution in [0.1, 0.15) is 82.9 Å². The number of carboxylic acids is 1. The van der Waals surface area contributed by atoms with Crippen LogP contribution in [0, 0.1) is 5.92 Å². The molecule has 0 bridgehead atoms. The van der Waals surface area contributed by atoms with Crippen LogP contribution in [0.4, 0.5) is 0 Å². The van der Waals surface area contributed by atoms with Crippen molar-refractivity contribution in [2.75, 3.05) is 0 Å². The van der Waals surface area contributed by atoms with E-state index in [2.05, 4.69) is 58.9 Å². The van der Waals surface area contributed by atoms with Gasteiger partial charge in [-0.1, -0.05) is 65.0 Å². The molecular formula is C23H32O2. The first-order chi connectivity index (χ1) is 11.7. The maximum atomic E-state index is 10.8. The number of allylic oxidation sites excluding steroid dienone is 3. The van der Waals surface area contributed by atoms with Gasteiger partial charge in [-0.05, 0) is 59.8 Å². The van der Waals surface area contributed by atoms with Gasteiger partial charge in [0.25, 0.3) is 0 Å². The largest absolute Gasteiger partial charge is 0.478 e. The second kappa shape index (κ2) is 7.59. The lowest BCUT2D eigenvalue weighted by Gasteiger charge is -2.20. The van der Waals surface area contributed by atoms with Crippen LogP contribution in [-0.2, 0) is 10.2 Å². The summed E-state index contributed by atoms with van der Waals surface area (Å²) in [5.41, 5.74) is 5.31. The van der Waals surface area contributed by atoms with Gasteiger partial charge in [0, 0.05) is 11.5 Å². The van der Waals surface area contributed by atoms with Crippen molar-refractivity contribution in [1.82, 2.24) is 0 Å². The molecule has 2 heteroatoms. The molecule has 0 aliphatic heterocycles.